The predicted octanol–water partition coefficient (Wildman–Crippen LogP) is 2.41. The Kier molecular flexibility index (Phi) is 4.55. The molecule has 4 nitrogen and oxygen atoms in total. The normalized spacial score (nSPS) is 13.7. The maximum absolute atomic E-state index is 12.3. The van der Waals surface area contributed by atoms with Crippen molar-refractivity contribution in [1.82, 2.24) is 0 Å². The summed E-state index contributed by atoms with van der Waals surface area (Å²) in [5.74, 6) is -0.322. The van der Waals surface area contributed by atoms with E-state index in [0.29, 0.717) is 12.1 Å². The van der Waals surface area contributed by atoms with Crippen LogP contribution in [0.25, 0.3) is 0 Å². The van der Waals surface area contributed by atoms with Gasteiger partial charge in [-0.2, -0.15) is 13.2 Å². The quantitative estimate of drug-likeness (QED) is 0.850. The number of alkyl halides is 3. The van der Waals surface area contributed by atoms with Crippen LogP contribution in [0.1, 0.15) is 13.8 Å². The molecule has 0 spiro atoms. The molecule has 0 heterocycles. The minimum atomic E-state index is -5.46. The third-order valence-electron chi connectivity index (χ3n) is 2.35. The lowest BCUT2D eigenvalue weighted by molar-refractivity contribution is -0.0436. The van der Waals surface area contributed by atoms with Crippen molar-refractivity contribution < 1.29 is 30.0 Å². The van der Waals surface area contributed by atoms with Crippen LogP contribution in [0.2, 0.25) is 0 Å². The molecule has 1 aromatic carbocycles. The Morgan fingerprint density at radius 3 is 1.70 bits per heavy atom. The van der Waals surface area contributed by atoms with Crippen molar-refractivity contribution in [2.24, 2.45) is 5.92 Å². The maximum atomic E-state index is 12.3. The fourth-order valence-corrected chi connectivity index (χ4v) is 3.88. The van der Waals surface area contributed by atoms with Crippen molar-refractivity contribution in [3.8, 4) is 0 Å². The Balaban J connectivity index is 3.20. The summed E-state index contributed by atoms with van der Waals surface area (Å²) >= 11 is 0. The van der Waals surface area contributed by atoms with Gasteiger partial charge in [0.2, 0.25) is 0 Å². The third kappa shape index (κ3) is 3.51. The summed E-state index contributed by atoms with van der Waals surface area (Å²) in [4.78, 5) is -1.18. The SMILES string of the molecule is CC(C)CS(=O)(=O)c1ccc(S(=O)(=O)C(F)(F)F)cc1. The van der Waals surface area contributed by atoms with E-state index in [0.717, 1.165) is 12.1 Å². The predicted molar refractivity (Wildman–Crippen MR) is 66.6 cm³/mol. The Labute approximate surface area is 115 Å². The summed E-state index contributed by atoms with van der Waals surface area (Å²) < 4.78 is 82.9. The summed E-state index contributed by atoms with van der Waals surface area (Å²) in [5.41, 5.74) is -5.41. The van der Waals surface area contributed by atoms with Gasteiger partial charge < -0.3 is 0 Å². The fraction of sp³-hybridized carbons (Fsp3) is 0.455. The van der Waals surface area contributed by atoms with Gasteiger partial charge in [0.1, 0.15) is 0 Å². The molecule has 0 unspecified atom stereocenters. The molecular weight excluding hydrogens is 317 g/mol. The Hall–Kier alpha value is -1.09. The summed E-state index contributed by atoms with van der Waals surface area (Å²) in [7, 11) is -9.09. The summed E-state index contributed by atoms with van der Waals surface area (Å²) in [5, 5.41) is 0. The molecule has 1 rings (SSSR count). The van der Waals surface area contributed by atoms with E-state index in [1.807, 2.05) is 0 Å². The van der Waals surface area contributed by atoms with Crippen LogP contribution in [-0.2, 0) is 19.7 Å². The Bertz CT molecular complexity index is 671. The zero-order valence-corrected chi connectivity index (χ0v) is 12.3. The minimum Gasteiger partial charge on any atom is -0.224 e. The van der Waals surface area contributed by atoms with Crippen LogP contribution < -0.4 is 0 Å². The molecule has 20 heavy (non-hydrogen) atoms. The van der Waals surface area contributed by atoms with Crippen LogP contribution in [0, 0.1) is 5.92 Å². The zero-order valence-electron chi connectivity index (χ0n) is 10.7. The van der Waals surface area contributed by atoms with Crippen molar-refractivity contribution >= 4 is 19.7 Å². The molecule has 0 aliphatic carbocycles. The van der Waals surface area contributed by atoms with E-state index in [4.69, 9.17) is 0 Å². The Morgan fingerprint density at radius 2 is 1.35 bits per heavy atom. The molecule has 0 aliphatic heterocycles. The molecule has 0 radical (unpaired) electrons. The van der Waals surface area contributed by atoms with Crippen molar-refractivity contribution in [3.63, 3.8) is 0 Å². The maximum Gasteiger partial charge on any atom is 0.501 e. The van der Waals surface area contributed by atoms with E-state index >= 15 is 0 Å². The average molecular weight is 330 g/mol. The van der Waals surface area contributed by atoms with E-state index in [1.54, 1.807) is 13.8 Å². The molecule has 0 amide bonds. The lowest BCUT2D eigenvalue weighted by Gasteiger charge is -2.10. The number of hydrogen-bond acceptors (Lipinski definition) is 4. The van der Waals surface area contributed by atoms with Gasteiger partial charge in [-0.05, 0) is 30.2 Å². The molecule has 0 saturated carbocycles. The van der Waals surface area contributed by atoms with Crippen molar-refractivity contribution in [3.05, 3.63) is 24.3 Å². The third-order valence-corrected chi connectivity index (χ3v) is 5.95. The molecule has 0 aromatic heterocycles. The van der Waals surface area contributed by atoms with Crippen LogP contribution in [0.3, 0.4) is 0 Å². The molecule has 0 fully saturated rings. The standard InChI is InChI=1S/C11H13F3O4S2/c1-8(2)7-19(15,16)9-3-5-10(6-4-9)20(17,18)11(12,13)14/h3-6,8H,7H2,1-2H3. The highest BCUT2D eigenvalue weighted by atomic mass is 32.2. The van der Waals surface area contributed by atoms with Gasteiger partial charge in [0.25, 0.3) is 9.84 Å². The second kappa shape index (κ2) is 5.36. The number of halogens is 3. The number of rotatable bonds is 4. The highest BCUT2D eigenvalue weighted by molar-refractivity contribution is 7.92. The first-order chi connectivity index (χ1) is 8.88. The van der Waals surface area contributed by atoms with Gasteiger partial charge in [0, 0.05) is 0 Å². The van der Waals surface area contributed by atoms with Gasteiger partial charge in [0.05, 0.1) is 15.5 Å². The molecule has 1 aromatic rings. The first kappa shape index (κ1) is 17.0. The minimum absolute atomic E-state index is 0.154. The van der Waals surface area contributed by atoms with Gasteiger partial charge >= 0.3 is 5.51 Å². The van der Waals surface area contributed by atoms with Gasteiger partial charge in [-0.25, -0.2) is 16.8 Å². The smallest absolute Gasteiger partial charge is 0.224 e. The van der Waals surface area contributed by atoms with E-state index in [9.17, 15) is 30.0 Å². The molecule has 0 aliphatic rings. The highest BCUT2D eigenvalue weighted by Crippen LogP contribution is 2.30. The summed E-state index contributed by atoms with van der Waals surface area (Å²) in [6, 6.07) is 3.04. The van der Waals surface area contributed by atoms with Crippen LogP contribution in [0.5, 0.6) is 0 Å². The largest absolute Gasteiger partial charge is 0.501 e. The van der Waals surface area contributed by atoms with Crippen molar-refractivity contribution in [1.29, 1.82) is 0 Å². The molecule has 0 N–H and O–H groups in total. The lowest BCUT2D eigenvalue weighted by atomic mass is 10.3. The number of sulfone groups is 2. The van der Waals surface area contributed by atoms with Gasteiger partial charge in [-0.1, -0.05) is 13.8 Å². The van der Waals surface area contributed by atoms with E-state index in [2.05, 4.69) is 0 Å². The van der Waals surface area contributed by atoms with E-state index in [-0.39, 0.29) is 16.6 Å². The fourth-order valence-electron chi connectivity index (χ4n) is 1.49. The van der Waals surface area contributed by atoms with Crippen LogP contribution in [0.15, 0.2) is 34.1 Å². The van der Waals surface area contributed by atoms with Crippen LogP contribution in [-0.4, -0.2) is 28.1 Å². The molecule has 9 heteroatoms. The zero-order chi connectivity index (χ0) is 15.8. The average Bonchev–Trinajstić information content (AvgIpc) is 2.26. The molecular formula is C11H13F3O4S2. The lowest BCUT2D eigenvalue weighted by Crippen LogP contribution is -2.23. The van der Waals surface area contributed by atoms with Crippen LogP contribution >= 0.6 is 0 Å². The topological polar surface area (TPSA) is 68.3 Å². The monoisotopic (exact) mass is 330 g/mol. The second-order valence-electron chi connectivity index (χ2n) is 4.60. The molecule has 114 valence electrons. The van der Waals surface area contributed by atoms with Crippen molar-refractivity contribution in [2.45, 2.75) is 29.1 Å². The summed E-state index contributed by atoms with van der Waals surface area (Å²) in [6.07, 6.45) is 0. The first-order valence-corrected chi connectivity index (χ1v) is 8.65. The number of hydrogen-bond donors (Lipinski definition) is 0. The van der Waals surface area contributed by atoms with Gasteiger partial charge in [0.15, 0.2) is 9.84 Å². The van der Waals surface area contributed by atoms with Gasteiger partial charge in [-0.15, -0.1) is 0 Å². The number of benzene rings is 1. The Morgan fingerprint density at radius 1 is 0.950 bits per heavy atom. The van der Waals surface area contributed by atoms with E-state index < -0.39 is 30.1 Å². The van der Waals surface area contributed by atoms with E-state index in [1.165, 1.54) is 0 Å². The van der Waals surface area contributed by atoms with Crippen LogP contribution in [0.4, 0.5) is 13.2 Å². The first-order valence-electron chi connectivity index (χ1n) is 5.52. The summed E-state index contributed by atoms with van der Waals surface area (Å²) in [6.45, 7) is 3.36. The molecule has 0 bridgehead atoms. The highest BCUT2D eigenvalue weighted by Gasteiger charge is 2.46. The molecule has 0 atom stereocenters. The second-order valence-corrected chi connectivity index (χ2v) is 8.57. The van der Waals surface area contributed by atoms with Gasteiger partial charge in [-0.3, -0.25) is 0 Å². The molecule has 0 saturated heterocycles. The van der Waals surface area contributed by atoms with Crippen molar-refractivity contribution in [2.75, 3.05) is 5.75 Å².